The number of H-pyrrole nitrogens is 1. The van der Waals surface area contributed by atoms with Crippen LogP contribution in [0.25, 0.3) is 0 Å². The molecule has 2 aromatic rings. The predicted octanol–water partition coefficient (Wildman–Crippen LogP) is 1.82. The number of methoxy groups -OCH3 is 1. The molecule has 29 heavy (non-hydrogen) atoms. The zero-order chi connectivity index (χ0) is 20.6. The molecule has 1 fully saturated rings. The van der Waals surface area contributed by atoms with Crippen molar-refractivity contribution in [3.05, 3.63) is 46.7 Å². The van der Waals surface area contributed by atoms with E-state index in [9.17, 15) is 13.2 Å². The fourth-order valence-corrected chi connectivity index (χ4v) is 5.79. The first-order valence-electron chi connectivity index (χ1n) is 9.13. The molecule has 156 valence electrons. The van der Waals surface area contributed by atoms with E-state index in [1.165, 1.54) is 23.5 Å². The summed E-state index contributed by atoms with van der Waals surface area (Å²) in [5, 5.41) is 7.49. The number of piperazine rings is 1. The van der Waals surface area contributed by atoms with Crippen LogP contribution in [0.5, 0.6) is 0 Å². The van der Waals surface area contributed by atoms with Crippen LogP contribution in [-0.4, -0.2) is 73.4 Å². The highest BCUT2D eigenvalue weighted by Crippen LogP contribution is 2.40. The SMILES string of the molecule is COCCOC(=O)N1CC2Cc3[nH]ncc3C(C1)N2S(=O)(=O)c1ccc(Cl)cc1. The lowest BCUT2D eigenvalue weighted by Gasteiger charge is -2.47. The van der Waals surface area contributed by atoms with Gasteiger partial charge in [-0.1, -0.05) is 11.6 Å². The molecule has 1 N–H and O–H groups in total. The molecule has 1 aromatic heterocycles. The van der Waals surface area contributed by atoms with Crippen LogP contribution in [-0.2, 0) is 25.9 Å². The Labute approximate surface area is 173 Å². The number of benzene rings is 1. The van der Waals surface area contributed by atoms with Gasteiger partial charge in [0, 0.05) is 48.9 Å². The second-order valence-corrected chi connectivity index (χ2v) is 9.26. The topological polar surface area (TPSA) is 105 Å². The van der Waals surface area contributed by atoms with Crippen molar-refractivity contribution in [2.75, 3.05) is 33.4 Å². The Balaban J connectivity index is 1.65. The number of amides is 1. The van der Waals surface area contributed by atoms with Gasteiger partial charge in [-0.2, -0.15) is 9.40 Å². The third kappa shape index (κ3) is 3.73. The van der Waals surface area contributed by atoms with Crippen molar-refractivity contribution in [1.29, 1.82) is 0 Å². The summed E-state index contributed by atoms with van der Waals surface area (Å²) in [4.78, 5) is 14.2. The van der Waals surface area contributed by atoms with Crippen molar-refractivity contribution in [2.24, 2.45) is 0 Å². The van der Waals surface area contributed by atoms with Gasteiger partial charge >= 0.3 is 6.09 Å². The summed E-state index contributed by atoms with van der Waals surface area (Å²) in [5.74, 6) is 0. The molecule has 2 atom stereocenters. The molecule has 1 amide bonds. The second kappa shape index (κ2) is 7.94. The summed E-state index contributed by atoms with van der Waals surface area (Å²) >= 11 is 5.91. The van der Waals surface area contributed by atoms with E-state index in [1.807, 2.05) is 0 Å². The zero-order valence-electron chi connectivity index (χ0n) is 15.7. The van der Waals surface area contributed by atoms with Crippen molar-refractivity contribution in [1.82, 2.24) is 19.4 Å². The standard InChI is InChI=1S/C18H21ClN4O5S/c1-27-6-7-28-18(24)22-10-13-8-16-15(9-20-21-16)17(11-22)23(13)29(25,26)14-4-2-12(19)3-5-14/h2-5,9,13,17H,6-8,10-11H2,1H3,(H,20,21). The van der Waals surface area contributed by atoms with Gasteiger partial charge in [0.15, 0.2) is 0 Å². The van der Waals surface area contributed by atoms with Crippen LogP contribution in [0, 0.1) is 0 Å². The molecule has 11 heteroatoms. The molecule has 4 rings (SSSR count). The van der Waals surface area contributed by atoms with Gasteiger partial charge in [-0.05, 0) is 24.3 Å². The first-order chi connectivity index (χ1) is 13.9. The number of aromatic nitrogens is 2. The fraction of sp³-hybridized carbons (Fsp3) is 0.444. The summed E-state index contributed by atoms with van der Waals surface area (Å²) in [6, 6.07) is 5.11. The number of hydrogen-bond acceptors (Lipinski definition) is 6. The highest BCUT2D eigenvalue weighted by atomic mass is 35.5. The minimum Gasteiger partial charge on any atom is -0.447 e. The number of hydrogen-bond donors (Lipinski definition) is 1. The van der Waals surface area contributed by atoms with E-state index in [2.05, 4.69) is 10.2 Å². The molecule has 1 aromatic carbocycles. The largest absolute Gasteiger partial charge is 0.447 e. The number of nitrogens with zero attached hydrogens (tertiary/aromatic N) is 3. The van der Waals surface area contributed by atoms with E-state index in [1.54, 1.807) is 23.2 Å². The number of sulfonamides is 1. The number of rotatable bonds is 5. The number of halogens is 1. The lowest BCUT2D eigenvalue weighted by atomic mass is 9.92. The van der Waals surface area contributed by atoms with E-state index in [-0.39, 0.29) is 24.6 Å². The zero-order valence-corrected chi connectivity index (χ0v) is 17.3. The van der Waals surface area contributed by atoms with Crippen molar-refractivity contribution in [3.63, 3.8) is 0 Å². The highest BCUT2D eigenvalue weighted by Gasteiger charge is 2.48. The second-order valence-electron chi connectivity index (χ2n) is 6.98. The lowest BCUT2D eigenvalue weighted by Crippen LogP contribution is -2.60. The first-order valence-corrected chi connectivity index (χ1v) is 11.0. The van der Waals surface area contributed by atoms with Crippen LogP contribution in [0.3, 0.4) is 0 Å². The van der Waals surface area contributed by atoms with E-state index >= 15 is 0 Å². The van der Waals surface area contributed by atoms with Crippen molar-refractivity contribution in [3.8, 4) is 0 Å². The summed E-state index contributed by atoms with van der Waals surface area (Å²) in [7, 11) is -2.27. The number of carbonyl (C=O) groups is 1. The molecule has 1 saturated heterocycles. The Bertz CT molecular complexity index is 994. The molecule has 2 aliphatic heterocycles. The van der Waals surface area contributed by atoms with Gasteiger partial charge in [-0.15, -0.1) is 0 Å². The Kier molecular flexibility index (Phi) is 5.52. The third-order valence-electron chi connectivity index (χ3n) is 5.20. The first kappa shape index (κ1) is 20.1. The smallest absolute Gasteiger partial charge is 0.409 e. The summed E-state index contributed by atoms with van der Waals surface area (Å²) in [6.45, 7) is 0.857. The summed E-state index contributed by atoms with van der Waals surface area (Å²) in [5.41, 5.74) is 1.67. The number of nitrogens with one attached hydrogen (secondary N) is 1. The van der Waals surface area contributed by atoms with Gasteiger partial charge in [-0.3, -0.25) is 5.10 Å². The monoisotopic (exact) mass is 440 g/mol. The number of carbonyl (C=O) groups excluding carboxylic acids is 1. The van der Waals surface area contributed by atoms with Gasteiger partial charge in [0.2, 0.25) is 10.0 Å². The molecule has 0 saturated carbocycles. The van der Waals surface area contributed by atoms with Crippen LogP contribution in [0.15, 0.2) is 35.4 Å². The molecule has 0 aliphatic carbocycles. The number of aromatic amines is 1. The molecule has 2 unspecified atom stereocenters. The van der Waals surface area contributed by atoms with Gasteiger partial charge in [0.05, 0.1) is 23.7 Å². The molecular weight excluding hydrogens is 420 g/mol. The minimum atomic E-state index is -3.79. The Morgan fingerprint density at radius 1 is 1.28 bits per heavy atom. The van der Waals surface area contributed by atoms with Crippen molar-refractivity contribution in [2.45, 2.75) is 23.4 Å². The summed E-state index contributed by atoms with van der Waals surface area (Å²) < 4.78 is 38.5. The molecule has 2 bridgehead atoms. The quantitative estimate of drug-likeness (QED) is 0.711. The average molecular weight is 441 g/mol. The number of fused-ring (bicyclic) bond motifs is 4. The average Bonchev–Trinajstić information content (AvgIpc) is 3.16. The van der Waals surface area contributed by atoms with Crippen LogP contribution in [0.2, 0.25) is 5.02 Å². The predicted molar refractivity (Wildman–Crippen MR) is 104 cm³/mol. The van der Waals surface area contributed by atoms with Crippen molar-refractivity contribution >= 4 is 27.7 Å². The Morgan fingerprint density at radius 3 is 2.76 bits per heavy atom. The van der Waals surface area contributed by atoms with Crippen LogP contribution < -0.4 is 0 Å². The molecule has 2 aliphatic rings. The Hall–Kier alpha value is -2.14. The maximum absolute atomic E-state index is 13.4. The molecule has 0 spiro atoms. The van der Waals surface area contributed by atoms with Gasteiger partial charge in [-0.25, -0.2) is 13.2 Å². The molecular formula is C18H21ClN4O5S. The van der Waals surface area contributed by atoms with Crippen LogP contribution in [0.1, 0.15) is 17.3 Å². The normalized spacial score (nSPS) is 21.7. The van der Waals surface area contributed by atoms with Crippen LogP contribution in [0.4, 0.5) is 4.79 Å². The molecule has 9 nitrogen and oxygen atoms in total. The van der Waals surface area contributed by atoms with Crippen molar-refractivity contribution < 1.29 is 22.7 Å². The van der Waals surface area contributed by atoms with E-state index in [4.69, 9.17) is 21.1 Å². The maximum atomic E-state index is 13.4. The summed E-state index contributed by atoms with van der Waals surface area (Å²) in [6.07, 6.45) is 1.58. The minimum absolute atomic E-state index is 0.144. The van der Waals surface area contributed by atoms with Gasteiger partial charge in [0.25, 0.3) is 0 Å². The van der Waals surface area contributed by atoms with E-state index in [0.717, 1.165) is 11.3 Å². The fourth-order valence-electron chi connectivity index (χ4n) is 3.90. The van der Waals surface area contributed by atoms with Crippen LogP contribution >= 0.6 is 11.6 Å². The van der Waals surface area contributed by atoms with Gasteiger partial charge in [0.1, 0.15) is 6.61 Å². The van der Waals surface area contributed by atoms with E-state index < -0.39 is 28.2 Å². The molecule has 0 radical (unpaired) electrons. The van der Waals surface area contributed by atoms with Gasteiger partial charge < -0.3 is 14.4 Å². The third-order valence-corrected chi connectivity index (χ3v) is 7.43. The maximum Gasteiger partial charge on any atom is 0.409 e. The number of ether oxygens (including phenoxy) is 2. The molecule has 3 heterocycles. The highest BCUT2D eigenvalue weighted by molar-refractivity contribution is 7.89. The Morgan fingerprint density at radius 2 is 2.03 bits per heavy atom. The lowest BCUT2D eigenvalue weighted by molar-refractivity contribution is 0.0363. The van der Waals surface area contributed by atoms with E-state index in [0.29, 0.717) is 18.1 Å².